The first kappa shape index (κ1) is 51.3. The lowest BCUT2D eigenvalue weighted by Crippen LogP contribution is -2.67. The second-order valence-corrected chi connectivity index (χ2v) is 15.4. The Hall–Kier alpha value is -6.69. The van der Waals surface area contributed by atoms with Crippen molar-refractivity contribution in [3.8, 4) is 11.1 Å². The number of fused-ring (bicyclic) bond motifs is 3. The van der Waals surface area contributed by atoms with E-state index in [0.29, 0.717) is 0 Å². The van der Waals surface area contributed by atoms with Gasteiger partial charge in [0.15, 0.2) is 49.1 Å². The van der Waals surface area contributed by atoms with Crippen LogP contribution in [0.1, 0.15) is 65.5 Å². The first-order valence-corrected chi connectivity index (χ1v) is 20.8. The van der Waals surface area contributed by atoms with Gasteiger partial charge < -0.3 is 67.3 Å². The summed E-state index contributed by atoms with van der Waals surface area (Å²) in [4.78, 5) is 112. The largest absolute Gasteiger partial charge is 0.480 e. The second kappa shape index (κ2) is 23.2. The van der Waals surface area contributed by atoms with Gasteiger partial charge in [-0.05, 0) is 22.3 Å². The van der Waals surface area contributed by atoms with Gasteiger partial charge >= 0.3 is 53.8 Å². The molecule has 5 rings (SSSR count). The molecule has 67 heavy (non-hydrogen) atoms. The first-order valence-electron chi connectivity index (χ1n) is 20.8. The number of hydrogen-bond donors (Lipinski definition) is 2. The highest BCUT2D eigenvalue weighted by Crippen LogP contribution is 2.44. The normalized spacial score (nSPS) is 25.7. The van der Waals surface area contributed by atoms with E-state index in [1.165, 1.54) is 0 Å². The van der Waals surface area contributed by atoms with E-state index in [4.69, 9.17) is 56.8 Å². The molecule has 2 aliphatic heterocycles. The molecule has 2 aromatic carbocycles. The number of ether oxygens (including phenoxy) is 12. The lowest BCUT2D eigenvalue weighted by atomic mass is 9.96. The van der Waals surface area contributed by atoms with E-state index in [2.05, 4.69) is 5.32 Å². The van der Waals surface area contributed by atoms with Crippen LogP contribution in [0.3, 0.4) is 0 Å². The van der Waals surface area contributed by atoms with Crippen molar-refractivity contribution < 1.29 is 105 Å². The third-order valence-electron chi connectivity index (χ3n) is 10.2. The quantitative estimate of drug-likeness (QED) is 0.158. The van der Waals surface area contributed by atoms with Crippen molar-refractivity contribution in [3.63, 3.8) is 0 Å². The van der Waals surface area contributed by atoms with E-state index in [-0.39, 0.29) is 12.5 Å². The molecule has 0 aromatic heterocycles. The summed E-state index contributed by atoms with van der Waals surface area (Å²) in [6.45, 7) is 4.63. The predicted molar refractivity (Wildman–Crippen MR) is 219 cm³/mol. The SMILES string of the molecule is CC(=O)OCC1OC(OC2C(COC(C)=O)OC(OC[C@@H](NC(=O)OCC3c4ccccc4-c4ccccc43)C(=O)O)C(OC(C)=O)C2OC(C)=O)C(OC(C)=O)C(OC(C)=O)C1OC(C)=O. The molecule has 10 unspecified atom stereocenters. The minimum atomic E-state index is -1.93. The van der Waals surface area contributed by atoms with Crippen LogP contribution in [0.25, 0.3) is 11.1 Å². The second-order valence-electron chi connectivity index (χ2n) is 15.4. The van der Waals surface area contributed by atoms with E-state index in [0.717, 1.165) is 70.7 Å². The minimum absolute atomic E-state index is 0.157. The Morgan fingerprint density at radius 3 is 1.42 bits per heavy atom. The number of carboxylic acid groups (broad SMARTS) is 1. The maximum atomic E-state index is 13.2. The Bertz CT molecular complexity index is 2130. The van der Waals surface area contributed by atoms with Gasteiger partial charge in [0.1, 0.15) is 38.1 Å². The highest BCUT2D eigenvalue weighted by atomic mass is 16.8. The van der Waals surface area contributed by atoms with Crippen LogP contribution in [0.4, 0.5) is 4.79 Å². The molecule has 364 valence electrons. The van der Waals surface area contributed by atoms with Crippen molar-refractivity contribution in [1.82, 2.24) is 5.32 Å². The molecule has 2 heterocycles. The molecule has 23 heteroatoms. The number of nitrogens with one attached hydrogen (secondary N) is 1. The summed E-state index contributed by atoms with van der Waals surface area (Å²) in [5.41, 5.74) is 3.73. The highest BCUT2D eigenvalue weighted by molar-refractivity contribution is 5.81. The van der Waals surface area contributed by atoms with Crippen LogP contribution in [-0.2, 0) is 95.2 Å². The molecule has 11 atom stereocenters. The zero-order chi connectivity index (χ0) is 49.1. The summed E-state index contributed by atoms with van der Waals surface area (Å²) in [6, 6.07) is 13.3. The molecule has 1 aliphatic carbocycles. The van der Waals surface area contributed by atoms with Crippen molar-refractivity contribution in [2.24, 2.45) is 0 Å². The lowest BCUT2D eigenvalue weighted by molar-refractivity contribution is -0.361. The van der Waals surface area contributed by atoms with Crippen LogP contribution >= 0.6 is 0 Å². The maximum Gasteiger partial charge on any atom is 0.407 e. The monoisotopic (exact) mass is 945 g/mol. The Morgan fingerprint density at radius 2 is 0.940 bits per heavy atom. The van der Waals surface area contributed by atoms with Crippen molar-refractivity contribution in [2.45, 2.75) is 122 Å². The molecule has 0 saturated carbocycles. The smallest absolute Gasteiger partial charge is 0.407 e. The zero-order valence-electron chi connectivity index (χ0n) is 37.4. The van der Waals surface area contributed by atoms with Crippen molar-refractivity contribution in [1.29, 1.82) is 0 Å². The van der Waals surface area contributed by atoms with Gasteiger partial charge in [-0.1, -0.05) is 48.5 Å². The Morgan fingerprint density at radius 1 is 0.522 bits per heavy atom. The Labute approximate surface area is 382 Å². The average molecular weight is 946 g/mol. The van der Waals surface area contributed by atoms with Gasteiger partial charge in [0.2, 0.25) is 0 Å². The number of carbonyl (C=O) groups is 9. The van der Waals surface area contributed by atoms with Crippen LogP contribution in [-0.4, -0.2) is 153 Å². The molecule has 2 aromatic rings. The summed E-state index contributed by atoms with van der Waals surface area (Å²) >= 11 is 0. The number of hydrogen-bond acceptors (Lipinski definition) is 21. The number of benzene rings is 2. The summed E-state index contributed by atoms with van der Waals surface area (Å²) in [7, 11) is 0. The van der Waals surface area contributed by atoms with Gasteiger partial charge in [-0.25, -0.2) is 9.59 Å². The molecule has 0 radical (unpaired) electrons. The van der Waals surface area contributed by atoms with Crippen molar-refractivity contribution in [3.05, 3.63) is 59.7 Å². The van der Waals surface area contributed by atoms with Crippen LogP contribution in [0.5, 0.6) is 0 Å². The number of esters is 7. The number of amides is 1. The number of carboxylic acids is 1. The fourth-order valence-corrected chi connectivity index (χ4v) is 7.75. The first-order chi connectivity index (χ1) is 31.7. The molecular weight excluding hydrogens is 894 g/mol. The van der Waals surface area contributed by atoms with Crippen LogP contribution in [0, 0.1) is 0 Å². The van der Waals surface area contributed by atoms with Crippen LogP contribution in [0.2, 0.25) is 0 Å². The molecule has 0 spiro atoms. The number of alkyl carbamates (subject to hydrolysis) is 1. The summed E-state index contributed by atoms with van der Waals surface area (Å²) in [6.07, 6.45) is -18.6. The summed E-state index contributed by atoms with van der Waals surface area (Å²) < 4.78 is 67.7. The highest BCUT2D eigenvalue weighted by Gasteiger charge is 2.58. The molecule has 0 bridgehead atoms. The molecule has 1 amide bonds. The number of rotatable bonds is 18. The van der Waals surface area contributed by atoms with E-state index in [9.17, 15) is 48.3 Å². The van der Waals surface area contributed by atoms with E-state index in [1.807, 2.05) is 48.5 Å². The fourth-order valence-electron chi connectivity index (χ4n) is 7.75. The summed E-state index contributed by atoms with van der Waals surface area (Å²) in [5.74, 6) is -8.47. The molecular formula is C44H51NO22. The fraction of sp³-hybridized carbons (Fsp3) is 0.523. The van der Waals surface area contributed by atoms with Gasteiger partial charge in [-0.15, -0.1) is 0 Å². The van der Waals surface area contributed by atoms with Crippen molar-refractivity contribution >= 4 is 53.8 Å². The minimum Gasteiger partial charge on any atom is -0.480 e. The Balaban J connectivity index is 1.43. The Kier molecular flexibility index (Phi) is 17.7. The summed E-state index contributed by atoms with van der Waals surface area (Å²) in [5, 5.41) is 12.4. The maximum absolute atomic E-state index is 13.2. The average Bonchev–Trinajstić information content (AvgIpc) is 3.56. The third kappa shape index (κ3) is 13.7. The van der Waals surface area contributed by atoms with E-state index in [1.54, 1.807) is 0 Å². The lowest BCUT2D eigenvalue weighted by Gasteiger charge is -2.48. The molecule has 3 aliphatic rings. The van der Waals surface area contributed by atoms with Crippen LogP contribution < -0.4 is 5.32 Å². The van der Waals surface area contributed by atoms with Crippen molar-refractivity contribution in [2.75, 3.05) is 26.4 Å². The topological polar surface area (TPSA) is 297 Å². The number of aliphatic carboxylic acids is 1. The van der Waals surface area contributed by atoms with Gasteiger partial charge in [-0.2, -0.15) is 0 Å². The predicted octanol–water partition coefficient (Wildman–Crippen LogP) is 1.61. The van der Waals surface area contributed by atoms with Crippen LogP contribution in [0.15, 0.2) is 48.5 Å². The number of carbonyl (C=O) groups excluding carboxylic acids is 8. The molecule has 2 N–H and O–H groups in total. The standard InChI is InChI=1S/C44H51NO22/c1-20(46)56-18-33-35(60-22(3)48)37(61-23(4)49)40(64-26(7)52)43(66-33)67-36-34(19-57-21(2)47)65-42(39(63-25(6)51)38(36)62-24(5)50)58-17-32(41(53)54)45-44(55)59-16-31-29-14-10-8-12-27(29)28-13-9-11-15-30(28)31/h8-15,31-40,42-43H,16-19H2,1-7H3,(H,45,55)(H,53,54)/t32-,33?,34?,35?,36?,37?,38?,39?,40?,42?,43?/m1/s1. The molecule has 23 nitrogen and oxygen atoms in total. The molecule has 2 saturated heterocycles. The zero-order valence-corrected chi connectivity index (χ0v) is 37.4. The van der Waals surface area contributed by atoms with Gasteiger partial charge in [0.05, 0.1) is 6.61 Å². The van der Waals surface area contributed by atoms with E-state index >= 15 is 0 Å². The van der Waals surface area contributed by atoms with Gasteiger partial charge in [0, 0.05) is 54.4 Å². The third-order valence-corrected chi connectivity index (χ3v) is 10.2. The van der Waals surface area contributed by atoms with Gasteiger partial charge in [0.25, 0.3) is 0 Å². The van der Waals surface area contributed by atoms with Gasteiger partial charge in [-0.3, -0.25) is 33.6 Å². The van der Waals surface area contributed by atoms with E-state index < -0.39 is 141 Å². The molecule has 2 fully saturated rings.